The molecule has 5 aliphatic heterocycles. The average molecular weight is 1520 g/mol. The summed E-state index contributed by atoms with van der Waals surface area (Å²) in [4.78, 5) is 4.89. The Labute approximate surface area is 616 Å². The van der Waals surface area contributed by atoms with E-state index in [1.807, 2.05) is 0 Å². The zero-order chi connectivity index (χ0) is 68.3. The van der Waals surface area contributed by atoms with E-state index in [1.165, 1.54) is 21.5 Å². The van der Waals surface area contributed by atoms with Crippen LogP contribution in [0.15, 0.2) is 188 Å². The van der Waals surface area contributed by atoms with Crippen LogP contribution in [0.3, 0.4) is 0 Å². The van der Waals surface area contributed by atoms with E-state index in [2.05, 4.69) is 198 Å². The molecule has 5 saturated heterocycles. The van der Waals surface area contributed by atoms with Gasteiger partial charge < -0.3 is 59.8 Å². The van der Waals surface area contributed by atoms with Crippen molar-refractivity contribution in [3.05, 3.63) is 188 Å². The van der Waals surface area contributed by atoms with Crippen molar-refractivity contribution >= 4 is 131 Å². The van der Waals surface area contributed by atoms with E-state index in [0.29, 0.717) is 0 Å². The maximum absolute atomic E-state index is 9.06. The van der Waals surface area contributed by atoms with Crippen molar-refractivity contribution in [2.45, 2.75) is 219 Å². The predicted molar refractivity (Wildman–Crippen MR) is 420 cm³/mol. The summed E-state index contributed by atoms with van der Waals surface area (Å²) in [5.41, 5.74) is 8.41. The Morgan fingerprint density at radius 2 is 0.592 bits per heavy atom. The minimum Gasteiger partial charge on any atom is -0.409 e. The number of fused-ring (bicyclic) bond motifs is 6. The molecule has 8 atom stereocenters. The normalized spacial score (nSPS) is 33.4. The number of benzene rings is 8. The summed E-state index contributed by atoms with van der Waals surface area (Å²) in [5.74, 6) is 0. The van der Waals surface area contributed by atoms with Crippen LogP contribution in [0.1, 0.15) is 180 Å². The molecule has 0 spiro atoms. The fourth-order valence-corrected chi connectivity index (χ4v) is 74.3. The Hall–Kier alpha value is -4.86. The minimum absolute atomic E-state index is 0.00398. The molecule has 14 nitrogen and oxygen atoms in total. The van der Waals surface area contributed by atoms with Crippen LogP contribution in [0.4, 0.5) is 34.1 Å². The van der Waals surface area contributed by atoms with Crippen LogP contribution >= 0.6 is 0 Å². The lowest BCUT2D eigenvalue weighted by molar-refractivity contribution is 0.0129. The molecule has 8 bridgehead atoms. The Morgan fingerprint density at radius 1 is 0.252 bits per heavy atom. The summed E-state index contributed by atoms with van der Waals surface area (Å²) in [6, 6.07) is 69.2. The first-order valence-electron chi connectivity index (χ1n) is 39.9. The molecule has 0 amide bonds. The van der Waals surface area contributed by atoms with Crippen LogP contribution in [-0.2, 0) is 50.0 Å². The summed E-state index contributed by atoms with van der Waals surface area (Å²) in [6.07, 6.45) is 28.6. The van der Waals surface area contributed by atoms with Crippen LogP contribution in [0.25, 0.3) is 32.7 Å². The maximum atomic E-state index is 9.06. The van der Waals surface area contributed by atoms with Crippen molar-refractivity contribution < 1.29 is 50.0 Å². The van der Waals surface area contributed by atoms with Crippen molar-refractivity contribution in [3.8, 4) is 11.1 Å². The van der Waals surface area contributed by atoms with Gasteiger partial charge in [-0.1, -0.05) is 223 Å². The molecule has 8 aromatic carbocycles. The highest BCUT2D eigenvalue weighted by Crippen LogP contribution is 2.64. The molecule has 20 rings (SSSR count). The molecule has 5 heterocycles. The smallest absolute Gasteiger partial charge is 0.409 e. The number of hydrogen-bond donors (Lipinski definition) is 0. The lowest BCUT2D eigenvalue weighted by Gasteiger charge is -2.59. The van der Waals surface area contributed by atoms with E-state index in [9.17, 15) is 0 Å². The van der Waals surface area contributed by atoms with Gasteiger partial charge in [0.2, 0.25) is 0 Å². The maximum Gasteiger partial charge on any atom is 0.489 e. The number of para-hydroxylation sites is 2. The monoisotopic (exact) mass is 1510 g/mol. The van der Waals surface area contributed by atoms with E-state index in [1.54, 1.807) is 0 Å². The highest BCUT2D eigenvalue weighted by Gasteiger charge is 2.85. The quantitative estimate of drug-likeness (QED) is 0.0906. The molecule has 8 unspecified atom stereocenters. The third-order valence-electron chi connectivity index (χ3n) is 26.1. The van der Waals surface area contributed by atoms with Gasteiger partial charge in [0.1, 0.15) is 0 Å². The SMILES string of the molecule is c1ccc(N(c2cc(-c3ccc([Si]45CO[Si]6(C7CCCC7)O[Si]7(C8CCCC8)OC[Si](C8CCCC8)(O4)O[Si]4(C8CCCC8)O[Si](C8CCCC8)(O5)O[Si](C5CCCC5)(O6)O[Si](C5CCCC5)(O7)O4)cc3)cc(N(c3ccccc3)c3cccc4ccccc34)c2)c2cccc3ccccc23)cc1. The van der Waals surface area contributed by atoms with E-state index < -0.39 is 69.9 Å². The first kappa shape index (κ1) is 67.5. The van der Waals surface area contributed by atoms with Crippen molar-refractivity contribution in [2.24, 2.45) is 0 Å². The Morgan fingerprint density at radius 3 is 1.03 bits per heavy atom. The van der Waals surface area contributed by atoms with Crippen LogP contribution in [0.5, 0.6) is 0 Å². The van der Waals surface area contributed by atoms with E-state index in [4.69, 9.17) is 50.0 Å². The number of hydrogen-bond acceptors (Lipinski definition) is 14. The van der Waals surface area contributed by atoms with Gasteiger partial charge in [-0.2, -0.15) is 0 Å². The Kier molecular flexibility index (Phi) is 17.7. The molecule has 12 fully saturated rings. The van der Waals surface area contributed by atoms with Crippen molar-refractivity contribution in [1.82, 2.24) is 0 Å². The predicted octanol–water partition coefficient (Wildman–Crippen LogP) is 21.3. The van der Waals surface area contributed by atoms with Gasteiger partial charge in [0, 0.05) is 72.3 Å². The Balaban J connectivity index is 0.830. The van der Waals surface area contributed by atoms with Crippen LogP contribution < -0.4 is 15.0 Å². The molecular formula is C81H98N2O12Si8. The fraction of sp³-hybridized carbons (Fsp3) is 0.457. The molecule has 12 aliphatic rings. The van der Waals surface area contributed by atoms with Crippen molar-refractivity contribution in [2.75, 3.05) is 22.3 Å². The average Bonchev–Trinajstić information content (AvgIpc) is 1.60. The molecule has 7 aliphatic carbocycles. The van der Waals surface area contributed by atoms with Gasteiger partial charge in [0.05, 0.1) is 23.8 Å². The molecule has 103 heavy (non-hydrogen) atoms. The van der Waals surface area contributed by atoms with Gasteiger partial charge in [0.25, 0.3) is 0 Å². The summed E-state index contributed by atoms with van der Waals surface area (Å²) < 4.78 is 106. The van der Waals surface area contributed by atoms with Crippen LogP contribution in [0, 0.1) is 0 Å². The second-order valence-corrected chi connectivity index (χ2v) is 58.3. The van der Waals surface area contributed by atoms with Crippen LogP contribution in [0.2, 0.25) is 38.8 Å². The second kappa shape index (κ2) is 27.1. The zero-order valence-corrected chi connectivity index (χ0v) is 67.4. The van der Waals surface area contributed by atoms with Gasteiger partial charge in [-0.3, -0.25) is 0 Å². The van der Waals surface area contributed by atoms with E-state index in [0.717, 1.165) is 230 Å². The van der Waals surface area contributed by atoms with Gasteiger partial charge in [-0.15, -0.1) is 0 Å². The lowest BCUT2D eigenvalue weighted by Crippen LogP contribution is -2.83. The summed E-state index contributed by atoms with van der Waals surface area (Å²) >= 11 is 0. The first-order chi connectivity index (χ1) is 50.7. The van der Waals surface area contributed by atoms with E-state index >= 15 is 0 Å². The molecule has 8 aromatic rings. The highest BCUT2D eigenvalue weighted by molar-refractivity contribution is 7.03. The molecule has 0 radical (unpaired) electrons. The van der Waals surface area contributed by atoms with Crippen LogP contribution in [-0.4, -0.2) is 82.4 Å². The molecule has 22 heteroatoms. The minimum atomic E-state index is -4.26. The topological polar surface area (TPSA) is 117 Å². The third kappa shape index (κ3) is 11.7. The molecule has 0 N–H and O–H groups in total. The lowest BCUT2D eigenvalue weighted by atomic mass is 10.0. The van der Waals surface area contributed by atoms with Gasteiger partial charge >= 0.3 is 69.9 Å². The number of nitrogens with zero attached hydrogens (tertiary/aromatic N) is 2. The fourth-order valence-electron chi connectivity index (χ4n) is 21.0. The summed E-state index contributed by atoms with van der Waals surface area (Å²) in [6.45, 7) is 0. The Bertz CT molecular complexity index is 4240. The summed E-state index contributed by atoms with van der Waals surface area (Å²) in [7, 11) is -32.8. The zero-order valence-electron chi connectivity index (χ0n) is 59.4. The highest BCUT2D eigenvalue weighted by atomic mass is 28.6. The molecule has 536 valence electrons. The van der Waals surface area contributed by atoms with Crippen molar-refractivity contribution in [1.29, 1.82) is 0 Å². The van der Waals surface area contributed by atoms with Gasteiger partial charge in [-0.05, 0) is 172 Å². The summed E-state index contributed by atoms with van der Waals surface area (Å²) in [5, 5.41) is 5.67. The standard InChI is InChI=1S/C81H98N2O12Si8/c1-3-31-66(32-4-1)82(80-51-25-29-63-27-7-23-49-78(63)80)68-57-65(58-69(59-68)83(67-33-5-2-6-34-67)81-52-26-30-64-28-8-24-50-79(64)81)62-53-55-71(56-54-62)97-61-85-99(73-39-13-14-40-73)89-98(72-37-11-12-38-72)84-60-96(86-97,70-35-9-10-36-70)87-100(74-41-15-16-42-74)92-101(88-97,75-43-17-18-44-75)94-103(91-99,77-47-21-22-48-77)95-102(90-98,93-100)76-45-19-20-46-76/h1-8,23-34,49-59,70,72-77H,9-22,35-48,60-61H2. The van der Waals surface area contributed by atoms with Crippen molar-refractivity contribution in [3.63, 3.8) is 0 Å². The molecule has 0 aromatic heterocycles. The first-order valence-corrected chi connectivity index (χ1v) is 54.8. The van der Waals surface area contributed by atoms with Gasteiger partial charge in [0.15, 0.2) is 0 Å². The number of rotatable bonds is 15. The third-order valence-corrected chi connectivity index (χ3v) is 65.0. The van der Waals surface area contributed by atoms with E-state index in [-0.39, 0.29) is 51.2 Å². The molecule has 7 saturated carbocycles. The number of anilines is 6. The van der Waals surface area contributed by atoms with Gasteiger partial charge in [-0.25, -0.2) is 0 Å². The molecular weight excluding hydrogens is 1420 g/mol. The second-order valence-electron chi connectivity index (χ2n) is 32.3. The largest absolute Gasteiger partial charge is 0.489 e.